The maximum absolute atomic E-state index is 12.9. The van der Waals surface area contributed by atoms with E-state index < -0.39 is 15.7 Å². The Balaban J connectivity index is 1.49. The topological polar surface area (TPSA) is 79.6 Å². The van der Waals surface area contributed by atoms with Gasteiger partial charge in [0.1, 0.15) is 0 Å². The second-order valence-electron chi connectivity index (χ2n) is 9.22. The Kier molecular flexibility index (Phi) is 7.99. The van der Waals surface area contributed by atoms with Crippen molar-refractivity contribution in [1.29, 1.82) is 0 Å². The quantitative estimate of drug-likeness (QED) is 0.408. The first kappa shape index (κ1) is 25.5. The molecule has 1 fully saturated rings. The van der Waals surface area contributed by atoms with E-state index in [0.717, 1.165) is 31.5 Å². The molecule has 186 valence electrons. The third-order valence-corrected chi connectivity index (χ3v) is 8.36. The predicted octanol–water partition coefficient (Wildman–Crippen LogP) is 5.85. The van der Waals surface area contributed by atoms with Crippen LogP contribution in [-0.4, -0.2) is 38.9 Å². The van der Waals surface area contributed by atoms with E-state index in [9.17, 15) is 13.2 Å². The smallest absolute Gasteiger partial charge is 0.287 e. The Morgan fingerprint density at radius 1 is 0.943 bits per heavy atom. The van der Waals surface area contributed by atoms with Gasteiger partial charge in [0.05, 0.1) is 10.9 Å². The molecule has 0 aliphatic carbocycles. The fourth-order valence-electron chi connectivity index (χ4n) is 4.38. The van der Waals surface area contributed by atoms with Gasteiger partial charge in [-0.05, 0) is 79.4 Å². The molecule has 1 aliphatic rings. The molecule has 0 bridgehead atoms. The zero-order valence-corrected chi connectivity index (χ0v) is 21.6. The van der Waals surface area contributed by atoms with Crippen LogP contribution in [0.1, 0.15) is 66.8 Å². The van der Waals surface area contributed by atoms with Crippen LogP contribution in [0.4, 0.5) is 0 Å². The standard InChI is InChI=1S/C27H31ClN2O4S/c1-19(2)20-6-8-21(9-7-20)24(30-16-4-3-5-17-30)18-29-27(31)25-14-15-26(34-25)35(32,33)23-12-10-22(28)11-13-23/h6-15,19,24H,3-5,16-18H2,1-2H3,(H,29,31). The van der Waals surface area contributed by atoms with E-state index in [-0.39, 0.29) is 21.8 Å². The number of carbonyl (C=O) groups is 1. The summed E-state index contributed by atoms with van der Waals surface area (Å²) in [5.41, 5.74) is 2.43. The molecule has 1 aliphatic heterocycles. The number of likely N-dealkylation sites (tertiary alicyclic amines) is 1. The molecular weight excluding hydrogens is 484 g/mol. The highest BCUT2D eigenvalue weighted by Gasteiger charge is 2.26. The molecule has 1 N–H and O–H groups in total. The van der Waals surface area contributed by atoms with Crippen molar-refractivity contribution in [3.8, 4) is 0 Å². The lowest BCUT2D eigenvalue weighted by atomic mass is 9.97. The van der Waals surface area contributed by atoms with Crippen LogP contribution in [0.3, 0.4) is 0 Å². The predicted molar refractivity (Wildman–Crippen MR) is 137 cm³/mol. The van der Waals surface area contributed by atoms with Crippen molar-refractivity contribution >= 4 is 27.3 Å². The van der Waals surface area contributed by atoms with Crippen molar-refractivity contribution in [1.82, 2.24) is 10.2 Å². The number of amides is 1. The number of rotatable bonds is 8. The summed E-state index contributed by atoms with van der Waals surface area (Å²) in [6.07, 6.45) is 3.50. The summed E-state index contributed by atoms with van der Waals surface area (Å²) < 4.78 is 31.2. The van der Waals surface area contributed by atoms with E-state index in [1.54, 1.807) is 0 Å². The molecule has 2 heterocycles. The molecule has 8 heteroatoms. The van der Waals surface area contributed by atoms with E-state index in [1.165, 1.54) is 48.4 Å². The molecule has 0 spiro atoms. The Morgan fingerprint density at radius 3 is 2.20 bits per heavy atom. The van der Waals surface area contributed by atoms with E-state index in [4.69, 9.17) is 16.0 Å². The van der Waals surface area contributed by atoms with Crippen LogP contribution >= 0.6 is 11.6 Å². The summed E-state index contributed by atoms with van der Waals surface area (Å²) in [6.45, 7) is 6.71. The van der Waals surface area contributed by atoms with Gasteiger partial charge < -0.3 is 9.73 Å². The molecule has 3 aromatic rings. The number of hydrogen-bond donors (Lipinski definition) is 1. The zero-order valence-electron chi connectivity index (χ0n) is 20.0. The molecule has 1 aromatic heterocycles. The highest BCUT2D eigenvalue weighted by Crippen LogP contribution is 2.27. The third-order valence-electron chi connectivity index (χ3n) is 6.47. The Labute approximate surface area is 212 Å². The lowest BCUT2D eigenvalue weighted by Gasteiger charge is -2.35. The van der Waals surface area contributed by atoms with Crippen LogP contribution in [0.5, 0.6) is 0 Å². The number of benzene rings is 2. The van der Waals surface area contributed by atoms with Gasteiger partial charge in [0.25, 0.3) is 5.91 Å². The molecule has 35 heavy (non-hydrogen) atoms. The van der Waals surface area contributed by atoms with Crippen LogP contribution in [-0.2, 0) is 9.84 Å². The first-order chi connectivity index (χ1) is 16.8. The van der Waals surface area contributed by atoms with Gasteiger partial charge in [0.2, 0.25) is 14.9 Å². The van der Waals surface area contributed by atoms with E-state index in [2.05, 4.69) is 48.3 Å². The van der Waals surface area contributed by atoms with Crippen LogP contribution in [0, 0.1) is 0 Å². The molecule has 1 unspecified atom stereocenters. The summed E-state index contributed by atoms with van der Waals surface area (Å²) in [4.78, 5) is 15.4. The van der Waals surface area contributed by atoms with E-state index in [1.807, 2.05) is 0 Å². The van der Waals surface area contributed by atoms with E-state index >= 15 is 0 Å². The van der Waals surface area contributed by atoms with Gasteiger partial charge in [0, 0.05) is 11.6 Å². The number of nitrogens with zero attached hydrogens (tertiary/aromatic N) is 1. The number of piperidine rings is 1. The lowest BCUT2D eigenvalue weighted by Crippen LogP contribution is -2.40. The van der Waals surface area contributed by atoms with Crippen molar-refractivity contribution < 1.29 is 17.6 Å². The number of sulfone groups is 1. The molecule has 2 aromatic carbocycles. The van der Waals surface area contributed by atoms with Gasteiger partial charge in [-0.3, -0.25) is 9.69 Å². The van der Waals surface area contributed by atoms with Crippen LogP contribution in [0.25, 0.3) is 0 Å². The van der Waals surface area contributed by atoms with Crippen molar-refractivity contribution in [2.75, 3.05) is 19.6 Å². The molecule has 6 nitrogen and oxygen atoms in total. The maximum Gasteiger partial charge on any atom is 0.287 e. The molecule has 4 rings (SSSR count). The summed E-state index contributed by atoms with van der Waals surface area (Å²) in [6, 6.07) is 17.2. The first-order valence-electron chi connectivity index (χ1n) is 12.0. The van der Waals surface area contributed by atoms with Crippen LogP contribution in [0.2, 0.25) is 5.02 Å². The minimum atomic E-state index is -3.88. The lowest BCUT2D eigenvalue weighted by molar-refractivity contribution is 0.0892. The summed E-state index contributed by atoms with van der Waals surface area (Å²) >= 11 is 5.86. The average molecular weight is 515 g/mol. The highest BCUT2D eigenvalue weighted by atomic mass is 35.5. The van der Waals surface area contributed by atoms with Crippen LogP contribution in [0.15, 0.2) is 75.1 Å². The molecule has 1 saturated heterocycles. The van der Waals surface area contributed by atoms with Gasteiger partial charge in [-0.1, -0.05) is 56.1 Å². The second kappa shape index (κ2) is 11.0. The van der Waals surface area contributed by atoms with Crippen LogP contribution < -0.4 is 5.32 Å². The number of furan rings is 1. The minimum Gasteiger partial charge on any atom is -0.439 e. The van der Waals surface area contributed by atoms with Crippen molar-refractivity contribution in [3.63, 3.8) is 0 Å². The van der Waals surface area contributed by atoms with Crippen molar-refractivity contribution in [2.24, 2.45) is 0 Å². The van der Waals surface area contributed by atoms with Gasteiger partial charge in [0.15, 0.2) is 5.76 Å². The fourth-order valence-corrected chi connectivity index (χ4v) is 5.68. The number of hydrogen-bond acceptors (Lipinski definition) is 5. The molecule has 1 amide bonds. The highest BCUT2D eigenvalue weighted by molar-refractivity contribution is 7.91. The first-order valence-corrected chi connectivity index (χ1v) is 13.8. The summed E-state index contributed by atoms with van der Waals surface area (Å²) in [5.74, 6) is -0.0251. The van der Waals surface area contributed by atoms with Crippen molar-refractivity contribution in [2.45, 2.75) is 55.1 Å². The Bertz CT molecular complexity index is 1250. The normalized spacial score (nSPS) is 15.8. The minimum absolute atomic E-state index is 0.0349. The fraction of sp³-hybridized carbons (Fsp3) is 0.370. The molecule has 0 radical (unpaired) electrons. The number of carbonyl (C=O) groups excluding carboxylic acids is 1. The molecule has 0 saturated carbocycles. The molecular formula is C27H31ClN2O4S. The maximum atomic E-state index is 12.9. The van der Waals surface area contributed by atoms with Gasteiger partial charge in [-0.2, -0.15) is 0 Å². The zero-order chi connectivity index (χ0) is 25.0. The third kappa shape index (κ3) is 5.97. The van der Waals surface area contributed by atoms with Gasteiger partial charge in [-0.15, -0.1) is 0 Å². The Morgan fingerprint density at radius 2 is 1.57 bits per heavy atom. The SMILES string of the molecule is CC(C)c1ccc(C(CNC(=O)c2ccc(S(=O)(=O)c3ccc(Cl)cc3)o2)N2CCCCC2)cc1. The number of halogens is 1. The monoisotopic (exact) mass is 514 g/mol. The largest absolute Gasteiger partial charge is 0.439 e. The second-order valence-corrected chi connectivity index (χ2v) is 11.5. The summed E-state index contributed by atoms with van der Waals surface area (Å²) in [7, 11) is -3.88. The van der Waals surface area contributed by atoms with E-state index in [0.29, 0.717) is 17.5 Å². The average Bonchev–Trinajstić information content (AvgIpc) is 3.37. The van der Waals surface area contributed by atoms with Crippen molar-refractivity contribution in [3.05, 3.63) is 82.6 Å². The van der Waals surface area contributed by atoms with Gasteiger partial charge >= 0.3 is 0 Å². The summed E-state index contributed by atoms with van der Waals surface area (Å²) in [5, 5.41) is 3.12. The van der Waals surface area contributed by atoms with Gasteiger partial charge in [-0.25, -0.2) is 8.42 Å². The number of nitrogens with one attached hydrogen (secondary N) is 1. The molecule has 1 atom stereocenters. The Hall–Kier alpha value is -2.61.